The van der Waals surface area contributed by atoms with Crippen LogP contribution in [0.1, 0.15) is 32.6 Å². The predicted octanol–water partition coefficient (Wildman–Crippen LogP) is 2.82. The van der Waals surface area contributed by atoms with E-state index in [0.717, 1.165) is 25.7 Å². The fraction of sp³-hybridized carbons (Fsp3) is 0.533. The summed E-state index contributed by atoms with van der Waals surface area (Å²) in [6.45, 7) is 2.59. The van der Waals surface area contributed by atoms with E-state index in [-0.39, 0.29) is 22.7 Å². The minimum Gasteiger partial charge on any atom is -0.325 e. The summed E-state index contributed by atoms with van der Waals surface area (Å²) < 4.78 is 27.1. The number of carbonyl (C=O) groups is 1. The van der Waals surface area contributed by atoms with Crippen LogP contribution in [0.3, 0.4) is 0 Å². The Morgan fingerprint density at radius 2 is 2.00 bits per heavy atom. The van der Waals surface area contributed by atoms with E-state index in [1.807, 2.05) is 6.92 Å². The monoisotopic (exact) mass is 344 g/mol. The molecule has 1 fully saturated rings. The molecule has 122 valence electrons. The molecule has 5 nitrogen and oxygen atoms in total. The summed E-state index contributed by atoms with van der Waals surface area (Å²) in [7, 11) is -3.48. The van der Waals surface area contributed by atoms with Crippen LogP contribution in [0.4, 0.5) is 5.69 Å². The van der Waals surface area contributed by atoms with Crippen molar-refractivity contribution in [1.29, 1.82) is 0 Å². The van der Waals surface area contributed by atoms with Crippen LogP contribution in [-0.2, 0) is 14.8 Å². The fourth-order valence-corrected chi connectivity index (χ4v) is 4.57. The number of hydrogen-bond acceptors (Lipinski definition) is 3. The first kappa shape index (κ1) is 17.2. The van der Waals surface area contributed by atoms with Gasteiger partial charge < -0.3 is 5.32 Å². The van der Waals surface area contributed by atoms with Gasteiger partial charge in [-0.05, 0) is 43.5 Å². The van der Waals surface area contributed by atoms with E-state index < -0.39 is 10.0 Å². The number of anilines is 1. The summed E-state index contributed by atoms with van der Waals surface area (Å²) in [5.41, 5.74) is 0.537. The molecule has 22 heavy (non-hydrogen) atoms. The van der Waals surface area contributed by atoms with Crippen molar-refractivity contribution < 1.29 is 13.2 Å². The van der Waals surface area contributed by atoms with Crippen molar-refractivity contribution >= 4 is 33.2 Å². The van der Waals surface area contributed by atoms with Crippen LogP contribution in [0.5, 0.6) is 0 Å². The minimum atomic E-state index is -3.48. The Bertz CT molecular complexity index is 616. The highest BCUT2D eigenvalue weighted by atomic mass is 35.5. The van der Waals surface area contributed by atoms with Gasteiger partial charge in [0.05, 0.1) is 4.90 Å². The van der Waals surface area contributed by atoms with E-state index in [4.69, 9.17) is 11.6 Å². The van der Waals surface area contributed by atoms with E-state index in [1.54, 1.807) is 16.4 Å². The van der Waals surface area contributed by atoms with Crippen molar-refractivity contribution in [3.63, 3.8) is 0 Å². The van der Waals surface area contributed by atoms with Crippen LogP contribution in [0.25, 0.3) is 0 Å². The molecule has 0 aromatic heterocycles. The van der Waals surface area contributed by atoms with Crippen molar-refractivity contribution in [3.05, 3.63) is 24.3 Å². The molecule has 1 atom stereocenters. The second-order valence-electron chi connectivity index (χ2n) is 5.38. The standard InChI is InChI=1S/C15H21ClN2O3S/c1-2-13-5-3-4-10-18(13)22(20,21)14-8-6-12(7-9-14)17-15(19)11-16/h6-9,13H,2-5,10-11H2,1H3,(H,17,19)/t13-/m1/s1. The number of benzene rings is 1. The van der Waals surface area contributed by atoms with Crippen LogP contribution in [0, 0.1) is 0 Å². The molecule has 1 aromatic carbocycles. The van der Waals surface area contributed by atoms with Gasteiger partial charge in [0.25, 0.3) is 0 Å². The highest BCUT2D eigenvalue weighted by Crippen LogP contribution is 2.27. The number of nitrogens with zero attached hydrogens (tertiary/aromatic N) is 1. The van der Waals surface area contributed by atoms with Gasteiger partial charge in [-0.15, -0.1) is 11.6 Å². The number of hydrogen-bond donors (Lipinski definition) is 1. The molecule has 7 heteroatoms. The lowest BCUT2D eigenvalue weighted by molar-refractivity contribution is -0.113. The van der Waals surface area contributed by atoms with E-state index >= 15 is 0 Å². The van der Waals surface area contributed by atoms with Crippen molar-refractivity contribution in [3.8, 4) is 0 Å². The van der Waals surface area contributed by atoms with Gasteiger partial charge >= 0.3 is 0 Å². The average molecular weight is 345 g/mol. The number of rotatable bonds is 5. The van der Waals surface area contributed by atoms with Crippen LogP contribution in [0.2, 0.25) is 0 Å². The Labute approximate surface area is 136 Å². The summed E-state index contributed by atoms with van der Waals surface area (Å²) in [4.78, 5) is 11.5. The second kappa shape index (κ2) is 7.44. The molecule has 0 aliphatic carbocycles. The molecule has 1 heterocycles. The van der Waals surface area contributed by atoms with Gasteiger partial charge in [-0.2, -0.15) is 4.31 Å². The number of alkyl halides is 1. The Balaban J connectivity index is 2.20. The first-order valence-corrected chi connectivity index (χ1v) is 9.44. The van der Waals surface area contributed by atoms with Crippen LogP contribution < -0.4 is 5.32 Å². The second-order valence-corrected chi connectivity index (χ2v) is 7.54. The van der Waals surface area contributed by atoms with Crippen molar-refractivity contribution in [2.45, 2.75) is 43.5 Å². The number of sulfonamides is 1. The maximum Gasteiger partial charge on any atom is 0.243 e. The fourth-order valence-electron chi connectivity index (χ4n) is 2.74. The number of nitrogens with one attached hydrogen (secondary N) is 1. The molecule has 1 N–H and O–H groups in total. The van der Waals surface area contributed by atoms with Gasteiger partial charge in [0.2, 0.25) is 15.9 Å². The Kier molecular flexibility index (Phi) is 5.83. The maximum atomic E-state index is 12.8. The van der Waals surface area contributed by atoms with Gasteiger partial charge in [0.15, 0.2) is 0 Å². The van der Waals surface area contributed by atoms with Crippen molar-refractivity contribution in [1.82, 2.24) is 4.31 Å². The molecule has 2 rings (SSSR count). The van der Waals surface area contributed by atoms with E-state index in [2.05, 4.69) is 5.32 Å². The van der Waals surface area contributed by atoms with E-state index in [1.165, 1.54) is 12.1 Å². The molecule has 0 unspecified atom stereocenters. The molecular formula is C15H21ClN2O3S. The SMILES string of the molecule is CC[C@@H]1CCCCN1S(=O)(=O)c1ccc(NC(=O)CCl)cc1. The molecular weight excluding hydrogens is 324 g/mol. The topological polar surface area (TPSA) is 66.5 Å². The minimum absolute atomic E-state index is 0.0781. The quantitative estimate of drug-likeness (QED) is 0.835. The molecule has 0 bridgehead atoms. The molecule has 1 aliphatic heterocycles. The Morgan fingerprint density at radius 1 is 1.32 bits per heavy atom. The molecule has 1 aromatic rings. The van der Waals surface area contributed by atoms with Crippen LogP contribution >= 0.6 is 11.6 Å². The maximum absolute atomic E-state index is 12.8. The Hall–Kier alpha value is -1.11. The summed E-state index contributed by atoms with van der Waals surface area (Å²) in [5, 5.41) is 2.59. The molecule has 1 amide bonds. The first-order valence-electron chi connectivity index (χ1n) is 7.46. The molecule has 0 saturated carbocycles. The third-order valence-corrected chi connectivity index (χ3v) is 6.12. The molecule has 0 spiro atoms. The third kappa shape index (κ3) is 3.80. The van der Waals surface area contributed by atoms with Gasteiger partial charge in [-0.1, -0.05) is 13.3 Å². The summed E-state index contributed by atoms with van der Waals surface area (Å²) in [6, 6.07) is 6.31. The molecule has 1 aliphatic rings. The van der Waals surface area contributed by atoms with Crippen LogP contribution in [0.15, 0.2) is 29.2 Å². The number of amides is 1. The predicted molar refractivity (Wildman–Crippen MR) is 87.6 cm³/mol. The zero-order chi connectivity index (χ0) is 16.2. The lowest BCUT2D eigenvalue weighted by Crippen LogP contribution is -2.43. The van der Waals surface area contributed by atoms with E-state index in [0.29, 0.717) is 12.2 Å². The third-order valence-electron chi connectivity index (χ3n) is 3.91. The summed E-state index contributed by atoms with van der Waals surface area (Å²) in [5.74, 6) is -0.453. The van der Waals surface area contributed by atoms with Gasteiger partial charge in [0.1, 0.15) is 5.88 Å². The lowest BCUT2D eigenvalue weighted by Gasteiger charge is -2.34. The number of halogens is 1. The zero-order valence-electron chi connectivity index (χ0n) is 12.6. The summed E-state index contributed by atoms with van der Waals surface area (Å²) in [6.07, 6.45) is 3.72. The number of piperidine rings is 1. The highest BCUT2D eigenvalue weighted by molar-refractivity contribution is 7.89. The summed E-state index contributed by atoms with van der Waals surface area (Å²) >= 11 is 5.42. The van der Waals surface area contributed by atoms with Gasteiger partial charge in [-0.25, -0.2) is 8.42 Å². The smallest absolute Gasteiger partial charge is 0.243 e. The largest absolute Gasteiger partial charge is 0.325 e. The van der Waals surface area contributed by atoms with Gasteiger partial charge in [0, 0.05) is 18.3 Å². The Morgan fingerprint density at radius 3 is 2.59 bits per heavy atom. The number of carbonyl (C=O) groups excluding carboxylic acids is 1. The lowest BCUT2D eigenvalue weighted by atomic mass is 10.0. The normalized spacial score (nSPS) is 19.8. The van der Waals surface area contributed by atoms with E-state index in [9.17, 15) is 13.2 Å². The van der Waals surface area contributed by atoms with Crippen molar-refractivity contribution in [2.24, 2.45) is 0 Å². The van der Waals surface area contributed by atoms with Crippen LogP contribution in [-0.4, -0.2) is 37.1 Å². The average Bonchev–Trinajstić information content (AvgIpc) is 2.55. The highest BCUT2D eigenvalue weighted by Gasteiger charge is 2.32. The first-order chi connectivity index (χ1) is 10.5. The molecule has 0 radical (unpaired) electrons. The zero-order valence-corrected chi connectivity index (χ0v) is 14.2. The van der Waals surface area contributed by atoms with Gasteiger partial charge in [-0.3, -0.25) is 4.79 Å². The molecule has 1 saturated heterocycles. The van der Waals surface area contributed by atoms with Crippen molar-refractivity contribution in [2.75, 3.05) is 17.7 Å².